The molecule has 3 heterocycles. The Kier molecular flexibility index (Phi) is 7.76. The van der Waals surface area contributed by atoms with Crippen molar-refractivity contribution >= 4 is 12.0 Å². The van der Waals surface area contributed by atoms with Crippen LogP contribution in [-0.4, -0.2) is 54.8 Å². The lowest BCUT2D eigenvalue weighted by Gasteiger charge is -2.53. The highest BCUT2D eigenvalue weighted by atomic mass is 16.5. The number of carbonyl (C=O) groups excluding carboxylic acids is 2. The molecule has 5 rings (SSSR count). The monoisotopic (exact) mass is 536 g/mol. The van der Waals surface area contributed by atoms with E-state index in [2.05, 4.69) is 25.2 Å². The van der Waals surface area contributed by atoms with E-state index >= 15 is 0 Å². The Balaban J connectivity index is 1.24. The van der Waals surface area contributed by atoms with E-state index in [1.807, 2.05) is 61.2 Å². The molecule has 8 heteroatoms. The van der Waals surface area contributed by atoms with Crippen molar-refractivity contribution in [1.29, 1.82) is 0 Å². The molecule has 0 unspecified atom stereocenters. The van der Waals surface area contributed by atoms with Gasteiger partial charge in [0, 0.05) is 36.6 Å². The molecule has 210 valence electrons. The first-order valence-corrected chi connectivity index (χ1v) is 13.9. The zero-order valence-electron chi connectivity index (χ0n) is 23.5. The summed E-state index contributed by atoms with van der Waals surface area (Å²) >= 11 is 0. The van der Waals surface area contributed by atoms with Crippen LogP contribution >= 0.6 is 0 Å². The minimum absolute atomic E-state index is 0.0531. The number of likely N-dealkylation sites (tertiary alicyclic amines) is 1. The Labute approximate surface area is 230 Å². The molecule has 2 saturated heterocycles. The highest BCUT2D eigenvalue weighted by Crippen LogP contribution is 2.53. The van der Waals surface area contributed by atoms with E-state index in [1.165, 1.54) is 0 Å². The first-order valence-electron chi connectivity index (χ1n) is 13.9. The van der Waals surface area contributed by atoms with Crippen molar-refractivity contribution in [2.75, 3.05) is 20.2 Å². The van der Waals surface area contributed by atoms with Gasteiger partial charge in [0.25, 0.3) is 0 Å². The normalized spacial score (nSPS) is 25.8. The third-order valence-electron chi connectivity index (χ3n) is 8.43. The number of rotatable bonds is 6. The molecular weight excluding hydrogens is 496 g/mol. The van der Waals surface area contributed by atoms with Crippen LogP contribution in [0.4, 0.5) is 4.79 Å². The maximum atomic E-state index is 13.6. The number of nitrogens with zero attached hydrogens (tertiary/aromatic N) is 1. The van der Waals surface area contributed by atoms with E-state index in [-0.39, 0.29) is 42.5 Å². The minimum Gasteiger partial charge on any atom is -0.497 e. The smallest absolute Gasteiger partial charge is 0.408 e. The topological polar surface area (TPSA) is 86.3 Å². The number of ether oxygens (including phenoxy) is 4. The van der Waals surface area contributed by atoms with Gasteiger partial charge in [0.05, 0.1) is 19.3 Å². The molecule has 0 radical (unpaired) electrons. The summed E-state index contributed by atoms with van der Waals surface area (Å²) in [6, 6.07) is 14.8. The van der Waals surface area contributed by atoms with Gasteiger partial charge in [-0.05, 0) is 50.3 Å². The fourth-order valence-electron chi connectivity index (χ4n) is 6.21. The van der Waals surface area contributed by atoms with Crippen molar-refractivity contribution in [2.45, 2.75) is 71.0 Å². The largest absolute Gasteiger partial charge is 0.497 e. The Hall–Kier alpha value is -3.26. The summed E-state index contributed by atoms with van der Waals surface area (Å²) in [7, 11) is 1.66. The standard InChI is InChI=1S/C31H40N2O6/c1-19(2)27(32-30(35)37-18-20-9-7-6-8-10-20)29(34)33-14-13-25-21(17-33)15-24-28(38-25)23-12-11-22(36-5)16-26(23)39-31(24,3)4/h6-12,16,19,21,24-25,27-28H,13-15,17-18H2,1-5H3,(H,32,35)/t21-,24+,25+,27+,28-/m1/s1. The Morgan fingerprint density at radius 3 is 2.64 bits per heavy atom. The van der Waals surface area contributed by atoms with Crippen molar-refractivity contribution in [3.05, 3.63) is 59.7 Å². The molecule has 0 aliphatic carbocycles. The summed E-state index contributed by atoms with van der Waals surface area (Å²) in [6.07, 6.45) is 1.09. The second-order valence-electron chi connectivity index (χ2n) is 11.8. The molecular formula is C31H40N2O6. The number of fused-ring (bicyclic) bond motifs is 4. The van der Waals surface area contributed by atoms with Gasteiger partial charge in [-0.25, -0.2) is 4.79 Å². The number of piperidine rings is 1. The number of amides is 2. The van der Waals surface area contributed by atoms with E-state index < -0.39 is 17.7 Å². The van der Waals surface area contributed by atoms with Crippen molar-refractivity contribution < 1.29 is 28.5 Å². The highest BCUT2D eigenvalue weighted by Gasteiger charge is 2.52. The van der Waals surface area contributed by atoms with Crippen LogP contribution in [0.3, 0.4) is 0 Å². The highest BCUT2D eigenvalue weighted by molar-refractivity contribution is 5.86. The Morgan fingerprint density at radius 1 is 1.15 bits per heavy atom. The van der Waals surface area contributed by atoms with E-state index in [0.717, 1.165) is 35.5 Å². The zero-order valence-corrected chi connectivity index (χ0v) is 23.5. The van der Waals surface area contributed by atoms with Crippen LogP contribution in [-0.2, 0) is 20.9 Å². The van der Waals surface area contributed by atoms with Gasteiger partial charge in [0.2, 0.25) is 5.91 Å². The van der Waals surface area contributed by atoms with E-state index in [1.54, 1.807) is 7.11 Å². The Bertz CT molecular complexity index is 1180. The van der Waals surface area contributed by atoms with Gasteiger partial charge >= 0.3 is 6.09 Å². The van der Waals surface area contributed by atoms with Crippen LogP contribution in [0.25, 0.3) is 0 Å². The second-order valence-corrected chi connectivity index (χ2v) is 11.8. The molecule has 1 N–H and O–H groups in total. The summed E-state index contributed by atoms with van der Waals surface area (Å²) in [6.45, 7) is 9.46. The number of alkyl carbamates (subject to hydrolysis) is 1. The van der Waals surface area contributed by atoms with Crippen LogP contribution in [0.2, 0.25) is 0 Å². The number of hydrogen-bond acceptors (Lipinski definition) is 6. The molecule has 2 aromatic carbocycles. The quantitative estimate of drug-likeness (QED) is 0.552. The van der Waals surface area contributed by atoms with E-state index in [4.69, 9.17) is 18.9 Å². The van der Waals surface area contributed by atoms with E-state index in [0.29, 0.717) is 13.1 Å². The van der Waals surface area contributed by atoms with Gasteiger partial charge in [-0.1, -0.05) is 44.2 Å². The molecule has 5 atom stereocenters. The van der Waals surface area contributed by atoms with E-state index in [9.17, 15) is 9.59 Å². The molecule has 3 aliphatic rings. The molecule has 2 aromatic rings. The van der Waals surface area contributed by atoms with Crippen LogP contribution in [0, 0.1) is 17.8 Å². The summed E-state index contributed by atoms with van der Waals surface area (Å²) < 4.78 is 24.0. The molecule has 39 heavy (non-hydrogen) atoms. The number of carbonyl (C=O) groups is 2. The number of benzene rings is 2. The van der Waals surface area contributed by atoms with Gasteiger partial charge in [0.1, 0.15) is 29.7 Å². The van der Waals surface area contributed by atoms with Crippen LogP contribution in [0.15, 0.2) is 48.5 Å². The van der Waals surface area contributed by atoms with Crippen molar-refractivity contribution in [3.63, 3.8) is 0 Å². The zero-order chi connectivity index (χ0) is 27.7. The first-order chi connectivity index (χ1) is 18.7. The molecule has 2 amide bonds. The lowest BCUT2D eigenvalue weighted by molar-refractivity contribution is -0.189. The fourth-order valence-corrected chi connectivity index (χ4v) is 6.21. The van der Waals surface area contributed by atoms with Crippen molar-refractivity contribution in [3.8, 4) is 11.5 Å². The maximum Gasteiger partial charge on any atom is 0.408 e. The van der Waals surface area contributed by atoms with Crippen LogP contribution in [0.1, 0.15) is 57.8 Å². The van der Waals surface area contributed by atoms with Gasteiger partial charge in [-0.15, -0.1) is 0 Å². The molecule has 0 aromatic heterocycles. The lowest BCUT2D eigenvalue weighted by atomic mass is 9.70. The average Bonchev–Trinajstić information content (AvgIpc) is 2.93. The third kappa shape index (κ3) is 5.71. The Morgan fingerprint density at radius 2 is 1.92 bits per heavy atom. The molecule has 0 bridgehead atoms. The fraction of sp³-hybridized carbons (Fsp3) is 0.548. The number of methoxy groups -OCH3 is 1. The summed E-state index contributed by atoms with van der Waals surface area (Å²) in [5.74, 6) is 1.79. The lowest BCUT2D eigenvalue weighted by Crippen LogP contribution is -2.58. The molecule has 2 fully saturated rings. The third-order valence-corrected chi connectivity index (χ3v) is 8.43. The molecule has 0 saturated carbocycles. The molecule has 3 aliphatic heterocycles. The number of hydrogen-bond donors (Lipinski definition) is 1. The van der Waals surface area contributed by atoms with Gasteiger partial charge in [-0.2, -0.15) is 0 Å². The SMILES string of the molecule is COc1ccc2c(c1)OC(C)(C)[C@H]1C[C@@H]3CN(C(=O)[C@@H](NC(=O)OCc4ccccc4)C(C)C)CC[C@@H]3O[C@H]21. The average molecular weight is 537 g/mol. The predicted octanol–water partition coefficient (Wildman–Crippen LogP) is 5.11. The van der Waals surface area contributed by atoms with Gasteiger partial charge in [0.15, 0.2) is 0 Å². The van der Waals surface area contributed by atoms with Crippen LogP contribution < -0.4 is 14.8 Å². The summed E-state index contributed by atoms with van der Waals surface area (Å²) in [5, 5.41) is 2.82. The van der Waals surface area contributed by atoms with Gasteiger partial charge < -0.3 is 29.2 Å². The summed E-state index contributed by atoms with van der Waals surface area (Å²) in [4.78, 5) is 28.1. The summed E-state index contributed by atoms with van der Waals surface area (Å²) in [5.41, 5.74) is 1.54. The van der Waals surface area contributed by atoms with Gasteiger partial charge in [-0.3, -0.25) is 4.79 Å². The molecule has 8 nitrogen and oxygen atoms in total. The van der Waals surface area contributed by atoms with Crippen molar-refractivity contribution in [2.24, 2.45) is 17.8 Å². The first kappa shape index (κ1) is 27.3. The predicted molar refractivity (Wildman–Crippen MR) is 146 cm³/mol. The van der Waals surface area contributed by atoms with Crippen molar-refractivity contribution in [1.82, 2.24) is 10.2 Å². The maximum absolute atomic E-state index is 13.6. The molecule has 0 spiro atoms. The second kappa shape index (κ2) is 11.1. The minimum atomic E-state index is -0.654. The van der Waals surface area contributed by atoms with Crippen LogP contribution in [0.5, 0.6) is 11.5 Å². The number of nitrogens with one attached hydrogen (secondary N) is 1.